The van der Waals surface area contributed by atoms with E-state index < -0.39 is 0 Å². The van der Waals surface area contributed by atoms with Crippen LogP contribution in [0.5, 0.6) is 5.75 Å². The highest BCUT2D eigenvalue weighted by atomic mass is 16.5. The summed E-state index contributed by atoms with van der Waals surface area (Å²) in [6.45, 7) is 1.63. The third kappa shape index (κ3) is 3.29. The minimum absolute atomic E-state index is 0.445. The van der Waals surface area contributed by atoms with Crippen molar-refractivity contribution in [3.63, 3.8) is 0 Å². The first-order valence-corrected chi connectivity index (χ1v) is 7.49. The topological polar surface area (TPSA) is 37.9 Å². The van der Waals surface area contributed by atoms with E-state index in [2.05, 4.69) is 47.2 Å². The molecule has 0 aliphatic rings. The zero-order valence-electron chi connectivity index (χ0n) is 12.4. The summed E-state index contributed by atoms with van der Waals surface area (Å²) in [6.07, 6.45) is 3.53. The highest BCUT2D eigenvalue weighted by molar-refractivity contribution is 5.79. The van der Waals surface area contributed by atoms with E-state index >= 15 is 0 Å². The molecule has 110 valence electrons. The van der Waals surface area contributed by atoms with Gasteiger partial charge in [0.15, 0.2) is 0 Å². The Bertz CT molecular complexity index is 781. The Kier molecular flexibility index (Phi) is 4.41. The summed E-state index contributed by atoms with van der Waals surface area (Å²) in [5.74, 6) is 0.860. The number of rotatable bonds is 6. The van der Waals surface area contributed by atoms with Gasteiger partial charge < -0.3 is 9.30 Å². The molecule has 0 spiro atoms. The molecule has 0 aliphatic carbocycles. The van der Waals surface area contributed by atoms with Crippen molar-refractivity contribution in [1.29, 1.82) is 5.26 Å². The highest BCUT2D eigenvalue weighted by Gasteiger charge is 2.00. The largest absolute Gasteiger partial charge is 0.494 e. The van der Waals surface area contributed by atoms with E-state index in [0.717, 1.165) is 24.3 Å². The fraction of sp³-hybridized carbons (Fsp3) is 0.211. The first-order chi connectivity index (χ1) is 10.9. The Morgan fingerprint density at radius 1 is 1.00 bits per heavy atom. The molecule has 1 aromatic heterocycles. The molecule has 3 heteroatoms. The van der Waals surface area contributed by atoms with Crippen molar-refractivity contribution in [3.8, 4) is 11.8 Å². The van der Waals surface area contributed by atoms with Crippen molar-refractivity contribution in [2.75, 3.05) is 6.61 Å². The van der Waals surface area contributed by atoms with Gasteiger partial charge in [0.05, 0.1) is 19.1 Å². The van der Waals surface area contributed by atoms with Crippen molar-refractivity contribution < 1.29 is 4.74 Å². The van der Waals surface area contributed by atoms with Crippen molar-refractivity contribution in [2.45, 2.75) is 19.4 Å². The minimum Gasteiger partial charge on any atom is -0.494 e. The number of hydrogen-bond acceptors (Lipinski definition) is 2. The molecule has 0 N–H and O–H groups in total. The smallest absolute Gasteiger partial charge is 0.119 e. The Balaban J connectivity index is 1.50. The molecule has 3 nitrogen and oxygen atoms in total. The number of fused-ring (bicyclic) bond motifs is 1. The number of nitriles is 1. The third-order valence-electron chi connectivity index (χ3n) is 3.70. The molecule has 1 heterocycles. The molecule has 0 fully saturated rings. The van der Waals surface area contributed by atoms with Gasteiger partial charge in [-0.2, -0.15) is 5.26 Å². The summed E-state index contributed by atoms with van der Waals surface area (Å²) in [4.78, 5) is 0. The first-order valence-electron chi connectivity index (χ1n) is 7.49. The van der Waals surface area contributed by atoms with Gasteiger partial charge in [0.1, 0.15) is 5.75 Å². The van der Waals surface area contributed by atoms with E-state index in [4.69, 9.17) is 10.00 Å². The van der Waals surface area contributed by atoms with Gasteiger partial charge in [-0.1, -0.05) is 30.3 Å². The number of para-hydroxylation sites is 1. The SMILES string of the molecule is N#CCc1ccc(OCCCn2ccc3ccccc32)cc1. The zero-order valence-corrected chi connectivity index (χ0v) is 12.4. The molecular formula is C19H18N2O. The average molecular weight is 290 g/mol. The Morgan fingerprint density at radius 2 is 1.82 bits per heavy atom. The van der Waals surface area contributed by atoms with Crippen LogP contribution in [0.2, 0.25) is 0 Å². The summed E-state index contributed by atoms with van der Waals surface area (Å²) in [7, 11) is 0. The van der Waals surface area contributed by atoms with Crippen LogP contribution in [0, 0.1) is 11.3 Å². The normalized spacial score (nSPS) is 10.5. The van der Waals surface area contributed by atoms with Crippen molar-refractivity contribution >= 4 is 10.9 Å². The molecule has 0 radical (unpaired) electrons. The van der Waals surface area contributed by atoms with E-state index in [0.29, 0.717) is 13.0 Å². The van der Waals surface area contributed by atoms with E-state index in [1.165, 1.54) is 10.9 Å². The molecule has 0 bridgehead atoms. The molecule has 0 saturated heterocycles. The molecule has 0 amide bonds. The number of aryl methyl sites for hydroxylation is 1. The Hall–Kier alpha value is -2.73. The number of nitrogens with zero attached hydrogens (tertiary/aromatic N) is 2. The Labute approximate surface area is 130 Å². The van der Waals surface area contributed by atoms with Crippen LogP contribution in [0.3, 0.4) is 0 Å². The van der Waals surface area contributed by atoms with Crippen LogP contribution >= 0.6 is 0 Å². The maximum atomic E-state index is 8.64. The lowest BCUT2D eigenvalue weighted by molar-refractivity contribution is 0.302. The fourth-order valence-electron chi connectivity index (χ4n) is 2.56. The number of aromatic nitrogens is 1. The summed E-state index contributed by atoms with van der Waals surface area (Å²) < 4.78 is 8.01. The monoisotopic (exact) mass is 290 g/mol. The summed E-state index contributed by atoms with van der Waals surface area (Å²) in [6, 6.07) is 20.4. The van der Waals surface area contributed by atoms with Crippen LogP contribution in [0.4, 0.5) is 0 Å². The molecule has 22 heavy (non-hydrogen) atoms. The highest BCUT2D eigenvalue weighted by Crippen LogP contribution is 2.16. The van der Waals surface area contributed by atoms with Gasteiger partial charge in [0.25, 0.3) is 0 Å². The number of hydrogen-bond donors (Lipinski definition) is 0. The maximum Gasteiger partial charge on any atom is 0.119 e. The van der Waals surface area contributed by atoms with E-state index in [9.17, 15) is 0 Å². The molecule has 0 atom stereocenters. The van der Waals surface area contributed by atoms with E-state index in [1.807, 2.05) is 24.3 Å². The van der Waals surface area contributed by atoms with Crippen LogP contribution in [0.25, 0.3) is 10.9 Å². The van der Waals surface area contributed by atoms with Gasteiger partial charge in [-0.15, -0.1) is 0 Å². The molecule has 0 unspecified atom stereocenters. The second-order valence-corrected chi connectivity index (χ2v) is 5.25. The lowest BCUT2D eigenvalue weighted by Crippen LogP contribution is -2.03. The fourth-order valence-corrected chi connectivity index (χ4v) is 2.56. The number of ether oxygens (including phenoxy) is 1. The zero-order chi connectivity index (χ0) is 15.2. The van der Waals surface area contributed by atoms with Crippen LogP contribution in [0.15, 0.2) is 60.8 Å². The number of benzene rings is 2. The standard InChI is InChI=1S/C19H18N2O/c20-12-10-16-6-8-18(9-7-16)22-15-3-13-21-14-11-17-4-1-2-5-19(17)21/h1-2,4-9,11,14H,3,10,13,15H2. The first kappa shape index (κ1) is 14.2. The molecule has 0 aliphatic heterocycles. The molecule has 0 saturated carbocycles. The van der Waals surface area contributed by atoms with Crippen molar-refractivity contribution in [3.05, 3.63) is 66.4 Å². The minimum atomic E-state index is 0.445. The predicted octanol–water partition coefficient (Wildman–Crippen LogP) is 4.18. The molecule has 2 aromatic carbocycles. The maximum absolute atomic E-state index is 8.64. The van der Waals surface area contributed by atoms with Gasteiger partial charge in [0.2, 0.25) is 0 Å². The molecule has 3 aromatic rings. The van der Waals surface area contributed by atoms with Gasteiger partial charge in [-0.05, 0) is 41.6 Å². The van der Waals surface area contributed by atoms with Crippen LogP contribution in [-0.4, -0.2) is 11.2 Å². The second kappa shape index (κ2) is 6.82. The Morgan fingerprint density at radius 3 is 2.64 bits per heavy atom. The van der Waals surface area contributed by atoms with Gasteiger partial charge in [-0.3, -0.25) is 0 Å². The van der Waals surface area contributed by atoms with Gasteiger partial charge >= 0.3 is 0 Å². The van der Waals surface area contributed by atoms with Crippen LogP contribution < -0.4 is 4.74 Å². The molecule has 3 rings (SSSR count). The van der Waals surface area contributed by atoms with Gasteiger partial charge in [-0.25, -0.2) is 0 Å². The lowest BCUT2D eigenvalue weighted by atomic mass is 10.2. The second-order valence-electron chi connectivity index (χ2n) is 5.25. The lowest BCUT2D eigenvalue weighted by Gasteiger charge is -2.08. The third-order valence-corrected chi connectivity index (χ3v) is 3.70. The summed E-state index contributed by atoms with van der Waals surface area (Å²) in [5.41, 5.74) is 2.29. The van der Waals surface area contributed by atoms with Crippen molar-refractivity contribution in [1.82, 2.24) is 4.57 Å². The quantitative estimate of drug-likeness (QED) is 0.639. The molecular weight excluding hydrogens is 272 g/mol. The van der Waals surface area contributed by atoms with Crippen LogP contribution in [0.1, 0.15) is 12.0 Å². The van der Waals surface area contributed by atoms with E-state index in [-0.39, 0.29) is 0 Å². The summed E-state index contributed by atoms with van der Waals surface area (Å²) in [5, 5.41) is 9.92. The average Bonchev–Trinajstić information content (AvgIpc) is 2.97. The van der Waals surface area contributed by atoms with Crippen LogP contribution in [-0.2, 0) is 13.0 Å². The van der Waals surface area contributed by atoms with E-state index in [1.54, 1.807) is 0 Å². The predicted molar refractivity (Wildman–Crippen MR) is 87.8 cm³/mol. The summed E-state index contributed by atoms with van der Waals surface area (Å²) >= 11 is 0. The van der Waals surface area contributed by atoms with Gasteiger partial charge in [0, 0.05) is 18.3 Å². The van der Waals surface area contributed by atoms with Crippen molar-refractivity contribution in [2.24, 2.45) is 0 Å².